The van der Waals surface area contributed by atoms with Crippen molar-refractivity contribution >= 4 is 26.8 Å². The van der Waals surface area contributed by atoms with E-state index in [0.29, 0.717) is 24.3 Å². The van der Waals surface area contributed by atoms with Gasteiger partial charge in [-0.3, -0.25) is 9.78 Å². The first kappa shape index (κ1) is 24.5. The highest BCUT2D eigenvalue weighted by atomic mass is 32.2. The molecule has 2 aromatic heterocycles. The Morgan fingerprint density at radius 2 is 1.63 bits per heavy atom. The van der Waals surface area contributed by atoms with Gasteiger partial charge in [0.15, 0.2) is 0 Å². The second-order valence-corrected chi connectivity index (χ2v) is 10.1. The Bertz CT molecular complexity index is 1430. The number of carbonyl (C=O) groups excluding carboxylic acids is 1. The van der Waals surface area contributed by atoms with Gasteiger partial charge in [0.25, 0.3) is 5.91 Å². The van der Waals surface area contributed by atoms with Gasteiger partial charge in [-0.2, -0.15) is 4.31 Å². The number of nitrogens with one attached hydrogen (secondary N) is 1. The van der Waals surface area contributed by atoms with Crippen LogP contribution in [0.3, 0.4) is 0 Å². The van der Waals surface area contributed by atoms with Gasteiger partial charge in [-0.05, 0) is 48.9 Å². The number of fused-ring (bicyclic) bond motifs is 1. The maximum atomic E-state index is 13.4. The summed E-state index contributed by atoms with van der Waals surface area (Å²) in [5.74, 6) is -0.230. The molecule has 4 rings (SSSR count). The predicted octanol–water partition coefficient (Wildman–Crippen LogP) is 4.82. The van der Waals surface area contributed by atoms with Gasteiger partial charge in [0.05, 0.1) is 27.7 Å². The topological polar surface area (TPSA) is 92.3 Å². The maximum Gasteiger partial charge on any atom is 0.252 e. The molecule has 0 aliphatic rings. The van der Waals surface area contributed by atoms with E-state index in [9.17, 15) is 13.2 Å². The number of hydrogen-bond acceptors (Lipinski definition) is 5. The molecule has 0 spiro atoms. The van der Waals surface area contributed by atoms with Crippen molar-refractivity contribution in [3.8, 4) is 11.3 Å². The van der Waals surface area contributed by atoms with Crippen LogP contribution in [0.1, 0.15) is 42.7 Å². The largest absolute Gasteiger partial charge is 0.345 e. The van der Waals surface area contributed by atoms with Crippen molar-refractivity contribution in [1.82, 2.24) is 19.6 Å². The lowest BCUT2D eigenvalue weighted by Gasteiger charge is -2.19. The van der Waals surface area contributed by atoms with Gasteiger partial charge in [0.2, 0.25) is 10.0 Å². The fourth-order valence-corrected chi connectivity index (χ4v) is 5.49. The quantitative estimate of drug-likeness (QED) is 0.384. The van der Waals surface area contributed by atoms with Gasteiger partial charge in [0, 0.05) is 36.4 Å². The Balaban J connectivity index is 1.61. The first-order valence-electron chi connectivity index (χ1n) is 11.6. The number of aromatic nitrogens is 2. The lowest BCUT2D eigenvalue weighted by Crippen LogP contribution is -2.30. The molecular formula is C27H28N4O3S. The third-order valence-electron chi connectivity index (χ3n) is 6.01. The van der Waals surface area contributed by atoms with Crippen LogP contribution in [0.25, 0.3) is 22.2 Å². The van der Waals surface area contributed by atoms with E-state index in [1.807, 2.05) is 57.2 Å². The number of hydrogen-bond donors (Lipinski definition) is 1. The van der Waals surface area contributed by atoms with E-state index in [0.717, 1.165) is 22.0 Å². The monoisotopic (exact) mass is 488 g/mol. The molecule has 180 valence electrons. The summed E-state index contributed by atoms with van der Waals surface area (Å²) in [6, 6.07) is 19.4. The fraction of sp³-hybridized carbons (Fsp3) is 0.222. The third kappa shape index (κ3) is 5.08. The van der Waals surface area contributed by atoms with E-state index >= 15 is 0 Å². The minimum atomic E-state index is -3.53. The summed E-state index contributed by atoms with van der Waals surface area (Å²) in [7, 11) is -3.53. The zero-order valence-electron chi connectivity index (χ0n) is 20.0. The minimum absolute atomic E-state index is 0.230. The Hall–Kier alpha value is -3.62. The molecule has 0 aliphatic heterocycles. The Morgan fingerprint density at radius 3 is 2.29 bits per heavy atom. The highest BCUT2D eigenvalue weighted by Crippen LogP contribution is 2.26. The summed E-state index contributed by atoms with van der Waals surface area (Å²) in [5, 5.41) is 3.81. The zero-order chi connectivity index (χ0) is 25.0. The molecule has 4 aromatic rings. The first-order valence-corrected chi connectivity index (χ1v) is 13.0. The number of amides is 1. The summed E-state index contributed by atoms with van der Waals surface area (Å²) in [4.78, 5) is 22.4. The van der Waals surface area contributed by atoms with Crippen molar-refractivity contribution in [1.29, 1.82) is 0 Å². The molecule has 7 nitrogen and oxygen atoms in total. The Morgan fingerprint density at radius 1 is 0.971 bits per heavy atom. The van der Waals surface area contributed by atoms with Crippen LogP contribution in [0.5, 0.6) is 0 Å². The second kappa shape index (κ2) is 10.3. The summed E-state index contributed by atoms with van der Waals surface area (Å²) >= 11 is 0. The zero-order valence-corrected chi connectivity index (χ0v) is 20.8. The average molecular weight is 489 g/mol. The minimum Gasteiger partial charge on any atom is -0.345 e. The van der Waals surface area contributed by atoms with E-state index in [-0.39, 0.29) is 16.8 Å². The van der Waals surface area contributed by atoms with Gasteiger partial charge in [-0.25, -0.2) is 13.4 Å². The van der Waals surface area contributed by atoms with Crippen LogP contribution < -0.4 is 5.32 Å². The van der Waals surface area contributed by atoms with Crippen molar-refractivity contribution in [2.24, 2.45) is 0 Å². The van der Waals surface area contributed by atoms with Crippen molar-refractivity contribution < 1.29 is 13.2 Å². The van der Waals surface area contributed by atoms with Crippen LogP contribution in [0, 0.1) is 0 Å². The molecule has 1 unspecified atom stereocenters. The number of carbonyl (C=O) groups is 1. The Kier molecular flexibility index (Phi) is 7.23. The van der Waals surface area contributed by atoms with Crippen LogP contribution in [0.15, 0.2) is 84.0 Å². The van der Waals surface area contributed by atoms with E-state index in [1.165, 1.54) is 4.31 Å². The molecule has 0 saturated heterocycles. The predicted molar refractivity (Wildman–Crippen MR) is 137 cm³/mol. The van der Waals surface area contributed by atoms with E-state index in [4.69, 9.17) is 4.98 Å². The summed E-state index contributed by atoms with van der Waals surface area (Å²) in [5.41, 5.74) is 3.62. The average Bonchev–Trinajstić information content (AvgIpc) is 2.89. The van der Waals surface area contributed by atoms with Gasteiger partial charge in [-0.1, -0.05) is 44.2 Å². The molecule has 0 saturated carbocycles. The molecule has 1 N–H and O–H groups in total. The maximum absolute atomic E-state index is 13.4. The number of pyridine rings is 2. The highest BCUT2D eigenvalue weighted by molar-refractivity contribution is 7.89. The van der Waals surface area contributed by atoms with Crippen molar-refractivity contribution in [3.63, 3.8) is 0 Å². The standard InChI is InChI=1S/C27H28N4O3S/c1-4-31(5-2)35(33,34)22-12-10-20(11-13-22)19(3)29-27(32)24-18-26(21-14-16-28-17-15-21)30-25-9-7-6-8-23(24)25/h6-19H,4-5H2,1-3H3,(H,29,32). The summed E-state index contributed by atoms with van der Waals surface area (Å²) in [6.45, 7) is 6.33. The molecule has 8 heteroatoms. The third-order valence-corrected chi connectivity index (χ3v) is 8.07. The molecule has 35 heavy (non-hydrogen) atoms. The Labute approximate surface area is 205 Å². The van der Waals surface area contributed by atoms with Crippen molar-refractivity contribution in [2.75, 3.05) is 13.1 Å². The van der Waals surface area contributed by atoms with Crippen molar-refractivity contribution in [3.05, 3.63) is 90.3 Å². The molecule has 1 atom stereocenters. The number of rotatable bonds is 8. The smallest absolute Gasteiger partial charge is 0.252 e. The van der Waals surface area contributed by atoms with E-state index in [1.54, 1.807) is 42.7 Å². The normalized spacial score (nSPS) is 12.6. The molecule has 0 aliphatic carbocycles. The molecule has 1 amide bonds. The van der Waals surface area contributed by atoms with Crippen molar-refractivity contribution in [2.45, 2.75) is 31.7 Å². The summed E-state index contributed by atoms with van der Waals surface area (Å²) in [6.07, 6.45) is 3.39. The molecule has 0 bridgehead atoms. The number of sulfonamides is 1. The molecule has 0 radical (unpaired) electrons. The van der Waals surface area contributed by atoms with E-state index in [2.05, 4.69) is 10.3 Å². The van der Waals surface area contributed by atoms with Gasteiger partial charge >= 0.3 is 0 Å². The van der Waals surface area contributed by atoms with Gasteiger partial charge in [-0.15, -0.1) is 0 Å². The molecule has 2 heterocycles. The van der Waals surface area contributed by atoms with Crippen LogP contribution in [-0.2, 0) is 10.0 Å². The lowest BCUT2D eigenvalue weighted by molar-refractivity contribution is 0.0941. The van der Waals surface area contributed by atoms with Crippen LogP contribution >= 0.6 is 0 Å². The number of benzene rings is 2. The lowest BCUT2D eigenvalue weighted by atomic mass is 10.0. The van der Waals surface area contributed by atoms with Crippen LogP contribution in [0.4, 0.5) is 0 Å². The van der Waals surface area contributed by atoms with E-state index < -0.39 is 10.0 Å². The van der Waals surface area contributed by atoms with Gasteiger partial charge < -0.3 is 5.32 Å². The molecular weight excluding hydrogens is 460 g/mol. The number of nitrogens with zero attached hydrogens (tertiary/aromatic N) is 3. The second-order valence-electron chi connectivity index (χ2n) is 8.16. The first-order chi connectivity index (χ1) is 16.8. The number of para-hydroxylation sites is 1. The van der Waals surface area contributed by atoms with Crippen LogP contribution in [0.2, 0.25) is 0 Å². The molecule has 2 aromatic carbocycles. The molecule has 0 fully saturated rings. The summed E-state index contributed by atoms with van der Waals surface area (Å²) < 4.78 is 26.9. The highest BCUT2D eigenvalue weighted by Gasteiger charge is 2.22. The SMILES string of the molecule is CCN(CC)S(=O)(=O)c1ccc(C(C)NC(=O)c2cc(-c3ccncc3)nc3ccccc23)cc1. The van der Waals surface area contributed by atoms with Crippen LogP contribution in [-0.4, -0.2) is 41.7 Å². The van der Waals surface area contributed by atoms with Gasteiger partial charge in [0.1, 0.15) is 0 Å². The fourth-order valence-electron chi connectivity index (χ4n) is 4.03.